The lowest BCUT2D eigenvalue weighted by atomic mass is 9.93. The quantitative estimate of drug-likeness (QED) is 0.114. The van der Waals surface area contributed by atoms with Crippen LogP contribution in [0.2, 0.25) is 5.02 Å². The molecule has 0 spiro atoms. The standard InChI is InChI=1S/C18H22ClNO3.C16H17N3O5S/c1-3-4-5-7-13(2)23-17(21)12-22-16-10-9-15(19)14-8-6-11-20-18(14)16;1-9-10(15(20)11-8-17-19(2)16(11)21)4-5-13(25(3,22)23)14(9)12-6-7-24-18-12/h6,8-11,13H,3-5,7,12H2,1-2H3;4-5,8,17H,6-7H2,1-3H3. The van der Waals surface area contributed by atoms with Gasteiger partial charge in [-0.15, -0.1) is 0 Å². The Bertz CT molecular complexity index is 2000. The fraction of sp³-hybridized carbons (Fsp3) is 0.382. The van der Waals surface area contributed by atoms with E-state index in [1.807, 2.05) is 19.1 Å². The number of esters is 1. The molecule has 12 nitrogen and oxygen atoms in total. The maximum absolute atomic E-state index is 12.8. The van der Waals surface area contributed by atoms with Gasteiger partial charge in [-0.05, 0) is 68.7 Å². The number of aromatic amines is 1. The Kier molecular flexibility index (Phi) is 12.2. The van der Waals surface area contributed by atoms with Crippen LogP contribution in [0.25, 0.3) is 10.9 Å². The van der Waals surface area contributed by atoms with E-state index < -0.39 is 21.2 Å². The van der Waals surface area contributed by atoms with Crippen LogP contribution in [0.15, 0.2) is 63.6 Å². The van der Waals surface area contributed by atoms with Crippen LogP contribution in [0.4, 0.5) is 0 Å². The Balaban J connectivity index is 0.000000218. The molecule has 3 heterocycles. The predicted octanol–water partition coefficient (Wildman–Crippen LogP) is 5.56. The van der Waals surface area contributed by atoms with Crippen LogP contribution >= 0.6 is 11.6 Å². The number of fused-ring (bicyclic) bond motifs is 1. The molecule has 2 aromatic carbocycles. The van der Waals surface area contributed by atoms with Crippen LogP contribution in [0.5, 0.6) is 5.75 Å². The van der Waals surface area contributed by atoms with Crippen LogP contribution in [0, 0.1) is 6.92 Å². The van der Waals surface area contributed by atoms with Crippen LogP contribution in [-0.4, -0.2) is 66.2 Å². The van der Waals surface area contributed by atoms with E-state index in [0.717, 1.165) is 37.3 Å². The second-order valence-electron chi connectivity index (χ2n) is 11.4. The lowest BCUT2D eigenvalue weighted by Gasteiger charge is -2.14. The SMILES string of the molecule is CCCCCC(C)OC(=O)COc1ccc(Cl)c2cccnc12.Cc1c(C(=O)c2c[nH]n(C)c2=O)ccc(S(C)(=O)=O)c1C1=NOCC1. The largest absolute Gasteiger partial charge is 0.480 e. The van der Waals surface area contributed by atoms with E-state index in [9.17, 15) is 22.8 Å². The number of carbonyl (C=O) groups excluding carboxylic acids is 2. The smallest absolute Gasteiger partial charge is 0.344 e. The number of unbranched alkanes of at least 4 members (excludes halogenated alkanes) is 2. The number of benzene rings is 2. The second-order valence-corrected chi connectivity index (χ2v) is 13.8. The predicted molar refractivity (Wildman–Crippen MR) is 183 cm³/mol. The van der Waals surface area contributed by atoms with Gasteiger partial charge < -0.3 is 19.4 Å². The summed E-state index contributed by atoms with van der Waals surface area (Å²) in [5.74, 6) is -0.311. The number of rotatable bonds is 12. The van der Waals surface area contributed by atoms with Crippen molar-refractivity contribution < 1.29 is 32.3 Å². The third kappa shape index (κ3) is 8.70. The molecule has 256 valence electrons. The molecule has 0 saturated carbocycles. The summed E-state index contributed by atoms with van der Waals surface area (Å²) in [6.45, 7) is 5.93. The molecule has 1 N–H and O–H groups in total. The first kappa shape index (κ1) is 36.3. The van der Waals surface area contributed by atoms with E-state index in [0.29, 0.717) is 46.2 Å². The van der Waals surface area contributed by atoms with Crippen molar-refractivity contribution in [2.24, 2.45) is 12.2 Å². The van der Waals surface area contributed by atoms with E-state index in [2.05, 4.69) is 22.2 Å². The van der Waals surface area contributed by atoms with Gasteiger partial charge in [-0.2, -0.15) is 0 Å². The van der Waals surface area contributed by atoms with Crippen molar-refractivity contribution in [3.05, 3.63) is 86.4 Å². The Hall–Kier alpha value is -4.49. The molecule has 1 unspecified atom stereocenters. The number of ketones is 1. The van der Waals surface area contributed by atoms with Crippen molar-refractivity contribution in [3.8, 4) is 5.75 Å². The Morgan fingerprint density at radius 2 is 1.92 bits per heavy atom. The monoisotopic (exact) mass is 698 g/mol. The third-order valence-electron chi connectivity index (χ3n) is 7.72. The highest BCUT2D eigenvalue weighted by Crippen LogP contribution is 2.30. The van der Waals surface area contributed by atoms with Gasteiger partial charge in [0.25, 0.3) is 5.56 Å². The van der Waals surface area contributed by atoms with E-state index in [4.69, 9.17) is 25.9 Å². The molecule has 0 fully saturated rings. The first-order valence-corrected chi connectivity index (χ1v) is 17.8. The fourth-order valence-corrected chi connectivity index (χ4v) is 6.39. The molecule has 0 aliphatic carbocycles. The van der Waals surface area contributed by atoms with Gasteiger partial charge in [-0.25, -0.2) is 13.2 Å². The first-order valence-electron chi connectivity index (χ1n) is 15.5. The van der Waals surface area contributed by atoms with E-state index >= 15 is 0 Å². The van der Waals surface area contributed by atoms with Gasteiger partial charge in [0.15, 0.2) is 22.2 Å². The summed E-state index contributed by atoms with van der Waals surface area (Å²) in [6.07, 6.45) is 8.73. The van der Waals surface area contributed by atoms with Gasteiger partial charge in [0.05, 0.1) is 21.7 Å². The number of aryl methyl sites for hydroxylation is 1. The van der Waals surface area contributed by atoms with Gasteiger partial charge in [-0.1, -0.05) is 36.5 Å². The summed E-state index contributed by atoms with van der Waals surface area (Å²) in [5.41, 5.74) is 1.76. The zero-order valence-electron chi connectivity index (χ0n) is 27.5. The van der Waals surface area contributed by atoms with Crippen molar-refractivity contribution in [1.82, 2.24) is 14.8 Å². The number of aromatic nitrogens is 3. The molecule has 0 radical (unpaired) electrons. The Morgan fingerprint density at radius 3 is 2.56 bits per heavy atom. The van der Waals surface area contributed by atoms with Crippen LogP contribution in [0.1, 0.15) is 73.0 Å². The molecule has 0 amide bonds. The highest BCUT2D eigenvalue weighted by Gasteiger charge is 2.27. The normalized spacial score (nSPS) is 13.2. The van der Waals surface area contributed by atoms with Crippen molar-refractivity contribution >= 4 is 49.8 Å². The van der Waals surface area contributed by atoms with Gasteiger partial charge >= 0.3 is 5.97 Å². The summed E-state index contributed by atoms with van der Waals surface area (Å²) < 4.78 is 36.4. The number of carbonyl (C=O) groups is 2. The van der Waals surface area contributed by atoms with Crippen LogP contribution in [0.3, 0.4) is 0 Å². The number of ether oxygens (including phenoxy) is 2. The topological polar surface area (TPSA) is 159 Å². The molecule has 4 aromatic rings. The van der Waals surface area contributed by atoms with E-state index in [-0.39, 0.29) is 34.7 Å². The summed E-state index contributed by atoms with van der Waals surface area (Å²) in [6, 6.07) is 9.94. The minimum atomic E-state index is -3.52. The molecule has 5 rings (SSSR count). The summed E-state index contributed by atoms with van der Waals surface area (Å²) in [5, 5.41) is 7.96. The number of pyridine rings is 1. The van der Waals surface area contributed by atoms with Gasteiger partial charge in [0, 0.05) is 48.6 Å². The van der Waals surface area contributed by atoms with Gasteiger partial charge in [0.1, 0.15) is 23.4 Å². The summed E-state index contributed by atoms with van der Waals surface area (Å²) >= 11 is 6.13. The molecule has 14 heteroatoms. The number of sulfone groups is 1. The second kappa shape index (κ2) is 16.1. The van der Waals surface area contributed by atoms with E-state index in [1.165, 1.54) is 30.1 Å². The lowest BCUT2D eigenvalue weighted by Crippen LogP contribution is -2.21. The van der Waals surface area contributed by atoms with Crippen LogP contribution < -0.4 is 10.3 Å². The summed E-state index contributed by atoms with van der Waals surface area (Å²) in [4.78, 5) is 46.0. The average Bonchev–Trinajstić information content (AvgIpc) is 3.70. The fourth-order valence-electron chi connectivity index (χ4n) is 5.22. The number of nitrogens with one attached hydrogen (secondary N) is 1. The van der Waals surface area contributed by atoms with Crippen molar-refractivity contribution in [2.45, 2.75) is 63.9 Å². The highest BCUT2D eigenvalue weighted by molar-refractivity contribution is 7.90. The molecule has 1 aliphatic rings. The molecule has 2 aromatic heterocycles. The number of halogens is 1. The number of nitrogens with zero attached hydrogens (tertiary/aromatic N) is 3. The molecule has 48 heavy (non-hydrogen) atoms. The third-order valence-corrected chi connectivity index (χ3v) is 9.19. The summed E-state index contributed by atoms with van der Waals surface area (Å²) in [7, 11) is -2.02. The Morgan fingerprint density at radius 1 is 1.15 bits per heavy atom. The first-order chi connectivity index (χ1) is 22.8. The molecule has 1 aliphatic heterocycles. The highest BCUT2D eigenvalue weighted by atomic mass is 35.5. The van der Waals surface area contributed by atoms with Gasteiger partial charge in [0.2, 0.25) is 0 Å². The number of oxime groups is 1. The lowest BCUT2D eigenvalue weighted by molar-refractivity contribution is -0.150. The van der Waals surface area contributed by atoms with Gasteiger partial charge in [-0.3, -0.25) is 19.3 Å². The van der Waals surface area contributed by atoms with Crippen LogP contribution in [-0.2, 0) is 31.3 Å². The maximum atomic E-state index is 12.8. The van der Waals surface area contributed by atoms with E-state index in [1.54, 1.807) is 25.3 Å². The van der Waals surface area contributed by atoms with Crippen molar-refractivity contribution in [3.63, 3.8) is 0 Å². The number of H-pyrrole nitrogens is 1. The minimum absolute atomic E-state index is 0.00623. The zero-order valence-corrected chi connectivity index (χ0v) is 29.1. The molecule has 0 saturated heterocycles. The number of hydrogen-bond acceptors (Lipinski definition) is 10. The molecular formula is C34H39ClN4O8S. The number of hydrogen-bond donors (Lipinski definition) is 1. The molecule has 0 bridgehead atoms. The van der Waals surface area contributed by atoms with Crippen molar-refractivity contribution in [1.29, 1.82) is 0 Å². The minimum Gasteiger partial charge on any atom is -0.480 e. The maximum Gasteiger partial charge on any atom is 0.344 e. The average molecular weight is 699 g/mol. The van der Waals surface area contributed by atoms with Crippen molar-refractivity contribution in [2.75, 3.05) is 19.5 Å². The molecular weight excluding hydrogens is 660 g/mol. The Labute approximate surface area is 283 Å². The molecule has 1 atom stereocenters. The zero-order chi connectivity index (χ0) is 35.0.